The third kappa shape index (κ3) is 8.72. The van der Waals surface area contributed by atoms with Gasteiger partial charge in [-0.3, -0.25) is 4.99 Å². The molecule has 1 aromatic carbocycles. The molecule has 0 saturated heterocycles. The largest absolute Gasteiger partial charge is 0.444 e. The highest BCUT2D eigenvalue weighted by atomic mass is 127. The van der Waals surface area contributed by atoms with Gasteiger partial charge in [-0.05, 0) is 38.8 Å². The average Bonchev–Trinajstić information content (AvgIpc) is 3.00. The summed E-state index contributed by atoms with van der Waals surface area (Å²) in [6, 6.07) is 8.09. The number of carbonyl (C=O) groups is 1. The Morgan fingerprint density at radius 2 is 1.71 bits per heavy atom. The van der Waals surface area contributed by atoms with Crippen molar-refractivity contribution in [2.45, 2.75) is 52.9 Å². The number of benzene rings is 1. The Bertz CT molecular complexity index is 873. The van der Waals surface area contributed by atoms with Gasteiger partial charge in [0.05, 0.1) is 6.54 Å². The van der Waals surface area contributed by atoms with Gasteiger partial charge in [-0.2, -0.15) is 0 Å². The number of ether oxygens (including phenoxy) is 1. The molecule has 1 aromatic heterocycles. The number of aromatic nitrogens is 3. The Morgan fingerprint density at radius 3 is 2.23 bits per heavy atom. The fourth-order valence-corrected chi connectivity index (χ4v) is 2.61. The first-order valence-corrected chi connectivity index (χ1v) is 9.90. The highest BCUT2D eigenvalue weighted by molar-refractivity contribution is 14.0. The quantitative estimate of drug-likeness (QED) is 0.331. The van der Waals surface area contributed by atoms with Crippen LogP contribution in [0.5, 0.6) is 0 Å². The Morgan fingerprint density at radius 1 is 1.13 bits per heavy atom. The lowest BCUT2D eigenvalue weighted by Gasteiger charge is -2.24. The summed E-state index contributed by atoms with van der Waals surface area (Å²) in [6.45, 7) is 9.14. The van der Waals surface area contributed by atoms with E-state index in [1.54, 1.807) is 19.0 Å². The summed E-state index contributed by atoms with van der Waals surface area (Å²) < 4.78 is 7.32. The number of halogens is 1. The molecule has 0 atom stereocenters. The molecule has 1 amide bonds. The molecule has 10 heteroatoms. The Balaban J connectivity index is 0.00000480. The number of nitrogens with one attached hydrogen (secondary N) is 2. The van der Waals surface area contributed by atoms with E-state index in [0.717, 1.165) is 22.8 Å². The predicted molar refractivity (Wildman–Crippen MR) is 132 cm³/mol. The second-order valence-corrected chi connectivity index (χ2v) is 8.15. The lowest BCUT2D eigenvalue weighted by molar-refractivity contribution is 0.0285. The van der Waals surface area contributed by atoms with Gasteiger partial charge in [0.25, 0.3) is 0 Å². The van der Waals surface area contributed by atoms with Gasteiger partial charge in [0.15, 0.2) is 11.8 Å². The molecule has 0 aliphatic rings. The minimum Gasteiger partial charge on any atom is -0.444 e. The zero-order chi connectivity index (χ0) is 22.3. The van der Waals surface area contributed by atoms with Gasteiger partial charge < -0.3 is 24.8 Å². The second-order valence-electron chi connectivity index (χ2n) is 8.15. The van der Waals surface area contributed by atoms with E-state index in [9.17, 15) is 4.79 Å². The summed E-state index contributed by atoms with van der Waals surface area (Å²) in [5.41, 5.74) is 1.64. The fourth-order valence-electron chi connectivity index (χ4n) is 2.61. The molecule has 0 aliphatic heterocycles. The van der Waals surface area contributed by atoms with Crippen molar-refractivity contribution in [3.8, 4) is 0 Å². The highest BCUT2D eigenvalue weighted by Crippen LogP contribution is 2.12. The summed E-state index contributed by atoms with van der Waals surface area (Å²) in [4.78, 5) is 17.9. The van der Waals surface area contributed by atoms with Gasteiger partial charge in [-0.25, -0.2) is 4.79 Å². The Labute approximate surface area is 201 Å². The summed E-state index contributed by atoms with van der Waals surface area (Å²) in [5, 5.41) is 14.7. The molecule has 0 radical (unpaired) electrons. The van der Waals surface area contributed by atoms with Crippen molar-refractivity contribution in [2.24, 2.45) is 12.0 Å². The van der Waals surface area contributed by atoms with Crippen LogP contribution in [0.25, 0.3) is 0 Å². The summed E-state index contributed by atoms with van der Waals surface area (Å²) in [6.07, 6.45) is -0.332. The lowest BCUT2D eigenvalue weighted by atomic mass is 10.1. The standard InChI is InChI=1S/C21H33N7O2.HI/c1-15-25-26-18(28(15)7)13-24-19(22-5)23-12-16-8-10-17(11-9-16)14-27(6)20(29)30-21(2,3)4;/h8-11H,12-14H2,1-7H3,(H2,22,23,24);1H. The number of rotatable bonds is 6. The van der Waals surface area contributed by atoms with Gasteiger partial charge in [-0.1, -0.05) is 24.3 Å². The van der Waals surface area contributed by atoms with Crippen molar-refractivity contribution >= 4 is 36.0 Å². The van der Waals surface area contributed by atoms with Crippen LogP contribution in [0.4, 0.5) is 4.79 Å². The molecule has 0 unspecified atom stereocenters. The van der Waals surface area contributed by atoms with E-state index in [1.807, 2.05) is 63.6 Å². The molecular formula is C21H34IN7O2. The molecule has 2 rings (SSSR count). The Kier molecular flexibility index (Phi) is 10.2. The minimum absolute atomic E-state index is 0. The van der Waals surface area contributed by atoms with Crippen LogP contribution in [-0.4, -0.2) is 51.4 Å². The van der Waals surface area contributed by atoms with Crippen LogP contribution >= 0.6 is 24.0 Å². The zero-order valence-electron chi connectivity index (χ0n) is 19.4. The number of hydrogen-bond donors (Lipinski definition) is 2. The maximum atomic E-state index is 12.1. The van der Waals surface area contributed by atoms with E-state index in [2.05, 4.69) is 25.8 Å². The van der Waals surface area contributed by atoms with Gasteiger partial charge in [0.1, 0.15) is 11.4 Å². The van der Waals surface area contributed by atoms with Crippen LogP contribution in [0.1, 0.15) is 43.5 Å². The maximum absolute atomic E-state index is 12.1. The van der Waals surface area contributed by atoms with E-state index < -0.39 is 5.60 Å². The SMILES string of the molecule is CN=C(NCc1ccc(CN(C)C(=O)OC(C)(C)C)cc1)NCc1nnc(C)n1C.I. The van der Waals surface area contributed by atoms with Crippen molar-refractivity contribution in [3.63, 3.8) is 0 Å². The van der Waals surface area contributed by atoms with Crippen LogP contribution in [0.3, 0.4) is 0 Å². The van der Waals surface area contributed by atoms with E-state index in [4.69, 9.17) is 4.74 Å². The summed E-state index contributed by atoms with van der Waals surface area (Å²) in [5.74, 6) is 2.39. The van der Waals surface area contributed by atoms with Crippen molar-refractivity contribution in [1.29, 1.82) is 0 Å². The first kappa shape index (κ1) is 26.7. The number of hydrogen-bond acceptors (Lipinski definition) is 5. The topological polar surface area (TPSA) is 96.7 Å². The maximum Gasteiger partial charge on any atom is 0.410 e. The molecule has 0 aliphatic carbocycles. The molecule has 0 bridgehead atoms. The minimum atomic E-state index is -0.501. The number of aryl methyl sites for hydroxylation is 1. The summed E-state index contributed by atoms with van der Waals surface area (Å²) >= 11 is 0. The predicted octanol–water partition coefficient (Wildman–Crippen LogP) is 2.97. The van der Waals surface area contributed by atoms with Crippen LogP contribution in [-0.2, 0) is 31.4 Å². The third-order valence-electron chi connectivity index (χ3n) is 4.43. The van der Waals surface area contributed by atoms with E-state index in [1.165, 1.54) is 0 Å². The van der Waals surface area contributed by atoms with Crippen molar-refractivity contribution in [2.75, 3.05) is 14.1 Å². The van der Waals surface area contributed by atoms with Crippen LogP contribution in [0.2, 0.25) is 0 Å². The normalized spacial score (nSPS) is 11.5. The first-order valence-electron chi connectivity index (χ1n) is 9.90. The van der Waals surface area contributed by atoms with E-state index in [-0.39, 0.29) is 30.1 Å². The molecule has 1 heterocycles. The number of nitrogens with zero attached hydrogens (tertiary/aromatic N) is 5. The van der Waals surface area contributed by atoms with Crippen LogP contribution in [0, 0.1) is 6.92 Å². The second kappa shape index (κ2) is 11.9. The molecule has 172 valence electrons. The van der Waals surface area contributed by atoms with Gasteiger partial charge in [0.2, 0.25) is 0 Å². The molecule has 0 fully saturated rings. The molecule has 0 spiro atoms. The van der Waals surface area contributed by atoms with Crippen molar-refractivity contribution < 1.29 is 9.53 Å². The van der Waals surface area contributed by atoms with Gasteiger partial charge in [0, 0.05) is 34.2 Å². The number of carbonyl (C=O) groups excluding carboxylic acids is 1. The highest BCUT2D eigenvalue weighted by Gasteiger charge is 2.19. The number of guanidine groups is 1. The number of amides is 1. The molecule has 9 nitrogen and oxygen atoms in total. The van der Waals surface area contributed by atoms with Crippen LogP contribution < -0.4 is 10.6 Å². The third-order valence-corrected chi connectivity index (χ3v) is 4.43. The zero-order valence-corrected chi connectivity index (χ0v) is 21.7. The molecule has 2 N–H and O–H groups in total. The van der Waals surface area contributed by atoms with E-state index >= 15 is 0 Å². The molecule has 0 saturated carbocycles. The smallest absolute Gasteiger partial charge is 0.410 e. The lowest BCUT2D eigenvalue weighted by Crippen LogP contribution is -2.37. The van der Waals surface area contributed by atoms with Crippen LogP contribution in [0.15, 0.2) is 29.3 Å². The van der Waals surface area contributed by atoms with E-state index in [0.29, 0.717) is 25.6 Å². The van der Waals surface area contributed by atoms with Crippen molar-refractivity contribution in [1.82, 2.24) is 30.3 Å². The number of aliphatic imine (C=N–C) groups is 1. The average molecular weight is 543 g/mol. The first-order chi connectivity index (χ1) is 14.1. The fraction of sp³-hybridized carbons (Fsp3) is 0.524. The molecule has 2 aromatic rings. The van der Waals surface area contributed by atoms with Gasteiger partial charge >= 0.3 is 6.09 Å². The molecule has 31 heavy (non-hydrogen) atoms. The Hall–Kier alpha value is -2.37. The van der Waals surface area contributed by atoms with Gasteiger partial charge in [-0.15, -0.1) is 34.2 Å². The van der Waals surface area contributed by atoms with Crippen molar-refractivity contribution in [3.05, 3.63) is 47.0 Å². The monoisotopic (exact) mass is 543 g/mol. The summed E-state index contributed by atoms with van der Waals surface area (Å²) in [7, 11) is 5.40. The molecular weight excluding hydrogens is 509 g/mol.